The summed E-state index contributed by atoms with van der Waals surface area (Å²) in [4.78, 5) is 4.36. The van der Waals surface area contributed by atoms with Crippen molar-refractivity contribution < 1.29 is 0 Å². The molecule has 4 heteroatoms. The predicted octanol–water partition coefficient (Wildman–Crippen LogP) is 4.78. The molecule has 2 N–H and O–H groups in total. The maximum Gasteiger partial charge on any atom is 0.0705 e. The van der Waals surface area contributed by atoms with Gasteiger partial charge in [0.15, 0.2) is 0 Å². The molecular weight excluding hydrogens is 303 g/mol. The lowest BCUT2D eigenvalue weighted by Crippen LogP contribution is -2.14. The summed E-state index contributed by atoms with van der Waals surface area (Å²) in [5.41, 5.74) is 9.35. The van der Waals surface area contributed by atoms with E-state index >= 15 is 0 Å². The van der Waals surface area contributed by atoms with Crippen LogP contribution in [-0.2, 0) is 6.42 Å². The van der Waals surface area contributed by atoms with Gasteiger partial charge in [-0.2, -0.15) is 0 Å². The Kier molecular flexibility index (Phi) is 4.11. The molecule has 0 saturated heterocycles. The highest BCUT2D eigenvalue weighted by Gasteiger charge is 2.13. The van der Waals surface area contributed by atoms with E-state index in [1.54, 1.807) is 12.3 Å². The number of para-hydroxylation sites is 1. The number of benzene rings is 2. The summed E-state index contributed by atoms with van der Waals surface area (Å²) in [6.07, 6.45) is 2.42. The minimum absolute atomic E-state index is 0.158. The van der Waals surface area contributed by atoms with Crippen molar-refractivity contribution in [3.8, 4) is 0 Å². The first-order valence-electron chi connectivity index (χ1n) is 6.69. The molecule has 0 fully saturated rings. The summed E-state index contributed by atoms with van der Waals surface area (Å²) < 4.78 is 0. The molecule has 1 unspecified atom stereocenters. The van der Waals surface area contributed by atoms with E-state index in [9.17, 15) is 0 Å². The van der Waals surface area contributed by atoms with Crippen molar-refractivity contribution in [2.45, 2.75) is 12.5 Å². The highest BCUT2D eigenvalue weighted by Crippen LogP contribution is 2.30. The zero-order valence-corrected chi connectivity index (χ0v) is 12.8. The van der Waals surface area contributed by atoms with Crippen molar-refractivity contribution >= 4 is 34.1 Å². The molecule has 21 heavy (non-hydrogen) atoms. The van der Waals surface area contributed by atoms with E-state index in [0.29, 0.717) is 16.5 Å². The van der Waals surface area contributed by atoms with Crippen LogP contribution in [0.3, 0.4) is 0 Å². The van der Waals surface area contributed by atoms with Crippen LogP contribution in [0.15, 0.2) is 54.7 Å². The van der Waals surface area contributed by atoms with Gasteiger partial charge < -0.3 is 5.73 Å². The third kappa shape index (κ3) is 2.88. The Labute approximate surface area is 133 Å². The normalized spacial score (nSPS) is 12.5. The average Bonchev–Trinajstić information content (AvgIpc) is 2.51. The van der Waals surface area contributed by atoms with Gasteiger partial charge in [0.1, 0.15) is 0 Å². The van der Waals surface area contributed by atoms with Crippen molar-refractivity contribution in [1.29, 1.82) is 0 Å². The average molecular weight is 317 g/mol. The minimum atomic E-state index is -0.158. The van der Waals surface area contributed by atoms with Crippen LogP contribution in [0.25, 0.3) is 10.9 Å². The topological polar surface area (TPSA) is 38.9 Å². The number of aromatic nitrogens is 1. The van der Waals surface area contributed by atoms with E-state index in [-0.39, 0.29) is 6.04 Å². The van der Waals surface area contributed by atoms with Crippen LogP contribution in [-0.4, -0.2) is 4.98 Å². The van der Waals surface area contributed by atoms with Gasteiger partial charge in [-0.3, -0.25) is 4.98 Å². The molecule has 0 radical (unpaired) electrons. The van der Waals surface area contributed by atoms with Crippen LogP contribution in [0.4, 0.5) is 0 Å². The van der Waals surface area contributed by atoms with Crippen molar-refractivity contribution in [3.63, 3.8) is 0 Å². The van der Waals surface area contributed by atoms with Crippen LogP contribution < -0.4 is 5.73 Å². The molecule has 0 aliphatic rings. The van der Waals surface area contributed by atoms with Crippen molar-refractivity contribution in [2.24, 2.45) is 5.73 Å². The van der Waals surface area contributed by atoms with Crippen molar-refractivity contribution in [2.75, 3.05) is 0 Å². The molecule has 2 nitrogen and oxygen atoms in total. The Morgan fingerprint density at radius 1 is 1.00 bits per heavy atom. The lowest BCUT2D eigenvalue weighted by atomic mass is 9.97. The van der Waals surface area contributed by atoms with Gasteiger partial charge in [0.2, 0.25) is 0 Å². The third-order valence-electron chi connectivity index (χ3n) is 3.55. The minimum Gasteiger partial charge on any atom is -0.324 e. The van der Waals surface area contributed by atoms with Gasteiger partial charge in [0, 0.05) is 17.6 Å². The zero-order valence-electron chi connectivity index (χ0n) is 11.3. The fourth-order valence-corrected chi connectivity index (χ4v) is 2.89. The first kappa shape index (κ1) is 14.3. The van der Waals surface area contributed by atoms with Gasteiger partial charge in [-0.1, -0.05) is 53.5 Å². The van der Waals surface area contributed by atoms with Gasteiger partial charge in [-0.05, 0) is 35.7 Å². The SMILES string of the molecule is NC(Cc1cccc(Cl)c1Cl)c1ccnc2ccccc12. The summed E-state index contributed by atoms with van der Waals surface area (Å²) in [5.74, 6) is 0. The number of hydrogen-bond acceptors (Lipinski definition) is 2. The van der Waals surface area contributed by atoms with Crippen LogP contribution in [0, 0.1) is 0 Å². The first-order valence-corrected chi connectivity index (χ1v) is 7.44. The number of halogens is 2. The third-order valence-corrected chi connectivity index (χ3v) is 4.41. The molecule has 0 bridgehead atoms. The molecular formula is C17H14Cl2N2. The van der Waals surface area contributed by atoms with E-state index in [1.807, 2.05) is 42.5 Å². The Balaban J connectivity index is 1.97. The molecule has 1 aromatic heterocycles. The first-order chi connectivity index (χ1) is 10.2. The molecule has 2 aromatic carbocycles. The maximum atomic E-state index is 6.38. The number of pyridine rings is 1. The monoisotopic (exact) mass is 316 g/mol. The predicted molar refractivity (Wildman–Crippen MR) is 88.8 cm³/mol. The molecule has 0 spiro atoms. The van der Waals surface area contributed by atoms with E-state index in [0.717, 1.165) is 22.0 Å². The van der Waals surface area contributed by atoms with Crippen LogP contribution in [0.1, 0.15) is 17.2 Å². The summed E-state index contributed by atoms with van der Waals surface area (Å²) in [7, 11) is 0. The second-order valence-electron chi connectivity index (χ2n) is 4.94. The van der Waals surface area contributed by atoms with Crippen molar-refractivity contribution in [3.05, 3.63) is 75.9 Å². The van der Waals surface area contributed by atoms with E-state index in [4.69, 9.17) is 28.9 Å². The fourth-order valence-electron chi connectivity index (χ4n) is 2.49. The van der Waals surface area contributed by atoms with Gasteiger partial charge in [0.05, 0.1) is 15.6 Å². The molecule has 106 valence electrons. The number of hydrogen-bond donors (Lipinski definition) is 1. The summed E-state index contributed by atoms with van der Waals surface area (Å²) in [5, 5.41) is 2.21. The molecule has 1 heterocycles. The van der Waals surface area contributed by atoms with Crippen LogP contribution in [0.5, 0.6) is 0 Å². The van der Waals surface area contributed by atoms with Gasteiger partial charge in [-0.25, -0.2) is 0 Å². The molecule has 0 aliphatic carbocycles. The lowest BCUT2D eigenvalue weighted by molar-refractivity contribution is 0.727. The van der Waals surface area contributed by atoms with Gasteiger partial charge in [0.25, 0.3) is 0 Å². The van der Waals surface area contributed by atoms with Gasteiger partial charge in [-0.15, -0.1) is 0 Å². The number of fused-ring (bicyclic) bond motifs is 1. The van der Waals surface area contributed by atoms with E-state index in [1.165, 1.54) is 0 Å². The second kappa shape index (κ2) is 6.02. The van der Waals surface area contributed by atoms with Gasteiger partial charge >= 0.3 is 0 Å². The second-order valence-corrected chi connectivity index (χ2v) is 5.73. The molecule has 0 amide bonds. The Morgan fingerprint density at radius 3 is 2.67 bits per heavy atom. The van der Waals surface area contributed by atoms with Crippen LogP contribution >= 0.6 is 23.2 Å². The maximum absolute atomic E-state index is 6.38. The fraction of sp³-hybridized carbons (Fsp3) is 0.118. The summed E-state index contributed by atoms with van der Waals surface area (Å²) >= 11 is 12.3. The highest BCUT2D eigenvalue weighted by molar-refractivity contribution is 6.42. The standard InChI is InChI=1S/C17H14Cl2N2/c18-14-6-3-4-11(17(14)19)10-15(20)12-8-9-21-16-7-2-1-5-13(12)16/h1-9,15H,10,20H2. The molecule has 3 rings (SSSR count). The Morgan fingerprint density at radius 2 is 1.81 bits per heavy atom. The highest BCUT2D eigenvalue weighted by atomic mass is 35.5. The smallest absolute Gasteiger partial charge is 0.0705 e. The largest absolute Gasteiger partial charge is 0.324 e. The van der Waals surface area contributed by atoms with Crippen molar-refractivity contribution in [1.82, 2.24) is 4.98 Å². The summed E-state index contributed by atoms with van der Waals surface area (Å²) in [6, 6.07) is 15.4. The Hall–Kier alpha value is -1.61. The molecule has 0 saturated carbocycles. The molecule has 3 aromatic rings. The van der Waals surface area contributed by atoms with Crippen LogP contribution in [0.2, 0.25) is 10.0 Å². The summed E-state index contributed by atoms with van der Waals surface area (Å²) in [6.45, 7) is 0. The van der Waals surface area contributed by atoms with E-state index in [2.05, 4.69) is 4.98 Å². The molecule has 0 aliphatic heterocycles. The number of nitrogens with two attached hydrogens (primary N) is 1. The molecule has 1 atom stereocenters. The quantitative estimate of drug-likeness (QED) is 0.755. The Bertz CT molecular complexity index is 781. The van der Waals surface area contributed by atoms with E-state index < -0.39 is 0 Å². The number of rotatable bonds is 3. The zero-order chi connectivity index (χ0) is 14.8. The lowest BCUT2D eigenvalue weighted by Gasteiger charge is -2.15. The number of nitrogens with zero attached hydrogens (tertiary/aromatic N) is 1.